The molecule has 0 amide bonds. The highest BCUT2D eigenvalue weighted by molar-refractivity contribution is 5.62. The molecular formula is C13H10FN5. The Balaban J connectivity index is 2.15. The molecule has 94 valence electrons. The van der Waals surface area contributed by atoms with Crippen molar-refractivity contribution in [3.05, 3.63) is 54.3 Å². The number of rotatable bonds is 2. The molecule has 0 unspecified atom stereocenters. The first kappa shape index (κ1) is 11.3. The van der Waals surface area contributed by atoms with E-state index in [1.807, 2.05) is 30.3 Å². The largest absolute Gasteiger partial charge is 0.399 e. The lowest BCUT2D eigenvalue weighted by Gasteiger charge is -2.05. The predicted molar refractivity (Wildman–Crippen MR) is 69.0 cm³/mol. The highest BCUT2D eigenvalue weighted by Gasteiger charge is 2.11. The van der Waals surface area contributed by atoms with Crippen molar-refractivity contribution in [2.24, 2.45) is 0 Å². The Bertz CT molecular complexity index is 688. The number of tetrazole rings is 1. The summed E-state index contributed by atoms with van der Waals surface area (Å²) in [6.07, 6.45) is 0. The summed E-state index contributed by atoms with van der Waals surface area (Å²) in [6, 6.07) is 13.6. The summed E-state index contributed by atoms with van der Waals surface area (Å²) >= 11 is 0. The van der Waals surface area contributed by atoms with Gasteiger partial charge in [0.15, 0.2) is 5.82 Å². The maximum absolute atomic E-state index is 13.4. The average molecular weight is 255 g/mol. The highest BCUT2D eigenvalue weighted by atomic mass is 19.1. The molecule has 0 spiro atoms. The van der Waals surface area contributed by atoms with Gasteiger partial charge in [-0.3, -0.25) is 0 Å². The van der Waals surface area contributed by atoms with Crippen LogP contribution in [0.4, 0.5) is 10.1 Å². The van der Waals surface area contributed by atoms with Crippen LogP contribution in [-0.4, -0.2) is 20.2 Å². The first-order chi connectivity index (χ1) is 9.24. The number of anilines is 1. The van der Waals surface area contributed by atoms with Gasteiger partial charge in [0.05, 0.1) is 5.69 Å². The normalized spacial score (nSPS) is 10.6. The zero-order valence-electron chi connectivity index (χ0n) is 9.86. The molecule has 5 nitrogen and oxygen atoms in total. The van der Waals surface area contributed by atoms with Gasteiger partial charge in [0, 0.05) is 11.3 Å². The van der Waals surface area contributed by atoms with Gasteiger partial charge in [0.25, 0.3) is 0 Å². The first-order valence-electron chi connectivity index (χ1n) is 5.64. The molecule has 2 N–H and O–H groups in total. The maximum Gasteiger partial charge on any atom is 0.187 e. The summed E-state index contributed by atoms with van der Waals surface area (Å²) in [5.41, 5.74) is 7.30. The molecule has 0 aliphatic rings. The molecule has 0 saturated carbocycles. The molecule has 0 aliphatic carbocycles. The third-order valence-corrected chi connectivity index (χ3v) is 2.65. The number of nitrogens with two attached hydrogens (primary N) is 1. The van der Waals surface area contributed by atoms with E-state index in [2.05, 4.69) is 15.5 Å². The summed E-state index contributed by atoms with van der Waals surface area (Å²) in [4.78, 5) is 0. The van der Waals surface area contributed by atoms with Crippen LogP contribution in [0.1, 0.15) is 0 Å². The van der Waals surface area contributed by atoms with Gasteiger partial charge in [-0.2, -0.15) is 4.68 Å². The second kappa shape index (κ2) is 4.49. The van der Waals surface area contributed by atoms with Gasteiger partial charge in [0.1, 0.15) is 5.82 Å². The molecule has 0 bridgehead atoms. The monoisotopic (exact) mass is 255 g/mol. The van der Waals surface area contributed by atoms with E-state index < -0.39 is 5.82 Å². The van der Waals surface area contributed by atoms with Gasteiger partial charge in [-0.1, -0.05) is 18.2 Å². The van der Waals surface area contributed by atoms with Gasteiger partial charge in [-0.05, 0) is 40.8 Å². The van der Waals surface area contributed by atoms with Crippen molar-refractivity contribution in [3.8, 4) is 17.1 Å². The summed E-state index contributed by atoms with van der Waals surface area (Å²) in [6.45, 7) is 0. The molecule has 1 aromatic heterocycles. The van der Waals surface area contributed by atoms with Crippen LogP contribution in [0.5, 0.6) is 0 Å². The highest BCUT2D eigenvalue weighted by Crippen LogP contribution is 2.22. The fourth-order valence-corrected chi connectivity index (χ4v) is 1.85. The number of halogens is 1. The molecule has 0 radical (unpaired) electrons. The summed E-state index contributed by atoms with van der Waals surface area (Å²) in [5.74, 6) is 0.0232. The lowest BCUT2D eigenvalue weighted by molar-refractivity contribution is 0.628. The first-order valence-corrected chi connectivity index (χ1v) is 5.64. The Morgan fingerprint density at radius 3 is 2.58 bits per heavy atom. The minimum Gasteiger partial charge on any atom is -0.399 e. The van der Waals surface area contributed by atoms with Crippen LogP contribution in [0.2, 0.25) is 0 Å². The van der Waals surface area contributed by atoms with Gasteiger partial charge < -0.3 is 5.73 Å². The zero-order valence-corrected chi connectivity index (χ0v) is 9.86. The molecule has 0 atom stereocenters. The second-order valence-electron chi connectivity index (χ2n) is 4.02. The molecule has 0 aliphatic heterocycles. The van der Waals surface area contributed by atoms with Crippen LogP contribution in [0.3, 0.4) is 0 Å². The fourth-order valence-electron chi connectivity index (χ4n) is 1.85. The van der Waals surface area contributed by atoms with Crippen molar-refractivity contribution in [3.63, 3.8) is 0 Å². The smallest absolute Gasteiger partial charge is 0.187 e. The van der Waals surface area contributed by atoms with Crippen LogP contribution in [0.25, 0.3) is 17.1 Å². The van der Waals surface area contributed by atoms with Crippen molar-refractivity contribution in [2.45, 2.75) is 0 Å². The lowest BCUT2D eigenvalue weighted by atomic mass is 10.2. The van der Waals surface area contributed by atoms with E-state index in [4.69, 9.17) is 5.73 Å². The average Bonchev–Trinajstić information content (AvgIpc) is 2.88. The van der Waals surface area contributed by atoms with Crippen LogP contribution in [0.15, 0.2) is 48.5 Å². The van der Waals surface area contributed by atoms with Gasteiger partial charge in [-0.15, -0.1) is 5.10 Å². The van der Waals surface area contributed by atoms with Crippen LogP contribution >= 0.6 is 0 Å². The number of benzene rings is 2. The Morgan fingerprint density at radius 1 is 1.05 bits per heavy atom. The third kappa shape index (κ3) is 2.15. The standard InChI is InChI=1S/C13H10FN5/c14-10-6-9(7-11(15)8-10)13-16-17-18-19(13)12-4-2-1-3-5-12/h1-8H,15H2. The number of hydrogen-bond donors (Lipinski definition) is 1. The van der Waals surface area contributed by atoms with E-state index >= 15 is 0 Å². The predicted octanol–water partition coefficient (Wildman–Crippen LogP) is 2.05. The van der Waals surface area contributed by atoms with Crippen molar-refractivity contribution >= 4 is 5.69 Å². The topological polar surface area (TPSA) is 69.6 Å². The molecule has 3 aromatic rings. The molecule has 0 fully saturated rings. The summed E-state index contributed by atoms with van der Waals surface area (Å²) in [5, 5.41) is 11.5. The number of nitrogen functional groups attached to an aromatic ring is 1. The molecule has 2 aromatic carbocycles. The quantitative estimate of drug-likeness (QED) is 0.711. The van der Waals surface area contributed by atoms with Crippen LogP contribution in [-0.2, 0) is 0 Å². The SMILES string of the molecule is Nc1cc(F)cc(-c2nnnn2-c2ccccc2)c1. The molecule has 0 saturated heterocycles. The molecular weight excluding hydrogens is 245 g/mol. The van der Waals surface area contributed by atoms with Crippen LogP contribution in [0, 0.1) is 5.82 Å². The number of para-hydroxylation sites is 1. The van der Waals surface area contributed by atoms with Crippen molar-refractivity contribution in [2.75, 3.05) is 5.73 Å². The molecule has 6 heteroatoms. The van der Waals surface area contributed by atoms with E-state index in [1.54, 1.807) is 6.07 Å². The zero-order chi connectivity index (χ0) is 13.2. The Morgan fingerprint density at radius 2 is 1.84 bits per heavy atom. The van der Waals surface area contributed by atoms with Crippen LogP contribution < -0.4 is 5.73 Å². The Labute approximate surface area is 108 Å². The van der Waals surface area contributed by atoms with Gasteiger partial charge in [-0.25, -0.2) is 4.39 Å². The molecule has 19 heavy (non-hydrogen) atoms. The van der Waals surface area contributed by atoms with Gasteiger partial charge >= 0.3 is 0 Å². The van der Waals surface area contributed by atoms with E-state index in [0.29, 0.717) is 17.1 Å². The van der Waals surface area contributed by atoms with E-state index in [0.717, 1.165) is 5.69 Å². The Hall–Kier alpha value is -2.76. The van der Waals surface area contributed by atoms with Gasteiger partial charge in [0.2, 0.25) is 0 Å². The van der Waals surface area contributed by atoms with Crippen molar-refractivity contribution < 1.29 is 4.39 Å². The van der Waals surface area contributed by atoms with Crippen molar-refractivity contribution in [1.29, 1.82) is 0 Å². The van der Waals surface area contributed by atoms with Crippen molar-refractivity contribution in [1.82, 2.24) is 20.2 Å². The molecule has 3 rings (SSSR count). The van der Waals surface area contributed by atoms with E-state index in [-0.39, 0.29) is 0 Å². The number of hydrogen-bond acceptors (Lipinski definition) is 4. The minimum absolute atomic E-state index is 0.331. The Kier molecular flexibility index (Phi) is 2.68. The number of aromatic nitrogens is 4. The van der Waals surface area contributed by atoms with E-state index in [9.17, 15) is 4.39 Å². The lowest BCUT2D eigenvalue weighted by Crippen LogP contribution is -2.00. The maximum atomic E-state index is 13.4. The summed E-state index contributed by atoms with van der Waals surface area (Å²) < 4.78 is 14.9. The summed E-state index contributed by atoms with van der Waals surface area (Å²) in [7, 11) is 0. The third-order valence-electron chi connectivity index (χ3n) is 2.65. The van der Waals surface area contributed by atoms with E-state index in [1.165, 1.54) is 16.8 Å². The fraction of sp³-hybridized carbons (Fsp3) is 0. The second-order valence-corrected chi connectivity index (χ2v) is 4.02. The molecule has 1 heterocycles. The number of nitrogens with zero attached hydrogens (tertiary/aromatic N) is 4. The minimum atomic E-state index is -0.419.